The second kappa shape index (κ2) is 3.62. The molecule has 1 aromatic heterocycles. The van der Waals surface area contributed by atoms with Crippen molar-refractivity contribution in [2.24, 2.45) is 0 Å². The Morgan fingerprint density at radius 3 is 2.53 bits per heavy atom. The molecule has 0 atom stereocenters. The Morgan fingerprint density at radius 1 is 0.895 bits per heavy atom. The zero-order valence-corrected chi connectivity index (χ0v) is 9.91. The summed E-state index contributed by atoms with van der Waals surface area (Å²) in [5.74, 6) is 1.98. The summed E-state index contributed by atoms with van der Waals surface area (Å²) in [6, 6.07) is 15.1. The van der Waals surface area contributed by atoms with Crippen molar-refractivity contribution < 1.29 is 18.8 Å². The van der Waals surface area contributed by atoms with Crippen molar-refractivity contribution in [2.45, 2.75) is 0 Å². The number of ether oxygens (including phenoxy) is 1. The fraction of sp³-hybridized carbons (Fsp3) is 0. The van der Waals surface area contributed by atoms with E-state index in [-0.39, 0.29) is 5.88 Å². The number of hydrogen-bond donors (Lipinski definition) is 1. The molecule has 1 aliphatic rings. The lowest BCUT2D eigenvalue weighted by molar-refractivity contribution is -0.594. The van der Waals surface area contributed by atoms with Crippen LogP contribution in [0.1, 0.15) is 0 Å². The van der Waals surface area contributed by atoms with Crippen LogP contribution in [0, 0.1) is 0 Å². The topological polar surface area (TPSA) is 46.5 Å². The number of para-hydroxylation sites is 3. The number of aromatic hydroxyl groups is 1. The Morgan fingerprint density at radius 2 is 1.63 bits per heavy atom. The highest BCUT2D eigenvalue weighted by Gasteiger charge is 2.34. The fourth-order valence-corrected chi connectivity index (χ4v) is 2.31. The van der Waals surface area contributed by atoms with Crippen LogP contribution in [0.4, 0.5) is 0 Å². The number of rotatable bonds is 0. The van der Waals surface area contributed by atoms with Gasteiger partial charge in [-0.1, -0.05) is 28.8 Å². The molecule has 0 aliphatic carbocycles. The average Bonchev–Trinajstić information content (AvgIpc) is 2.75. The predicted octanol–water partition coefficient (Wildman–Crippen LogP) is 3.03. The Balaban J connectivity index is 2.14. The third-order valence-electron chi connectivity index (χ3n) is 3.15. The third-order valence-corrected chi connectivity index (χ3v) is 3.15. The van der Waals surface area contributed by atoms with Gasteiger partial charge in [-0.2, -0.15) is 0 Å². The lowest BCUT2D eigenvalue weighted by Crippen LogP contribution is -2.30. The molecule has 1 aliphatic heterocycles. The molecule has 0 amide bonds. The van der Waals surface area contributed by atoms with E-state index in [1.807, 2.05) is 48.5 Å². The maximum atomic E-state index is 10.0. The SMILES string of the molecule is Oc1coc2[n+]1-c1ccccc1Oc1ccccc1-2. The van der Waals surface area contributed by atoms with E-state index in [9.17, 15) is 5.11 Å². The standard InChI is InChI=1S/C15H9NO3/c17-14-9-18-15-10-5-1-3-7-12(10)19-13-8-4-2-6-11(13)16(14)15/h1-9H/p+1. The normalized spacial score (nSPS) is 11.8. The Kier molecular flexibility index (Phi) is 1.94. The lowest BCUT2D eigenvalue weighted by atomic mass is 10.2. The number of fused-ring (bicyclic) bond motifs is 5. The summed E-state index contributed by atoms with van der Waals surface area (Å²) >= 11 is 0. The molecule has 4 nitrogen and oxygen atoms in total. The first kappa shape index (κ1) is 10.2. The van der Waals surface area contributed by atoms with Gasteiger partial charge in [-0.15, -0.1) is 0 Å². The lowest BCUT2D eigenvalue weighted by Gasteiger charge is -2.04. The Hall–Kier alpha value is -2.75. The molecule has 0 fully saturated rings. The smallest absolute Gasteiger partial charge is 0.411 e. The predicted molar refractivity (Wildman–Crippen MR) is 67.4 cm³/mol. The number of benzene rings is 2. The van der Waals surface area contributed by atoms with Gasteiger partial charge < -0.3 is 14.3 Å². The maximum absolute atomic E-state index is 10.0. The van der Waals surface area contributed by atoms with E-state index in [0.717, 1.165) is 11.3 Å². The molecule has 0 bridgehead atoms. The van der Waals surface area contributed by atoms with Crippen molar-refractivity contribution in [2.75, 3.05) is 0 Å². The number of hydrogen-bond acceptors (Lipinski definition) is 3. The zero-order valence-electron chi connectivity index (χ0n) is 9.91. The van der Waals surface area contributed by atoms with Crippen molar-refractivity contribution >= 4 is 0 Å². The van der Waals surface area contributed by atoms with Gasteiger partial charge in [0.1, 0.15) is 11.3 Å². The molecule has 0 saturated carbocycles. The fourth-order valence-electron chi connectivity index (χ4n) is 2.31. The molecule has 1 N–H and O–H groups in total. The first-order valence-corrected chi connectivity index (χ1v) is 5.94. The van der Waals surface area contributed by atoms with Crippen LogP contribution in [0.2, 0.25) is 0 Å². The minimum absolute atomic E-state index is 0.0442. The van der Waals surface area contributed by atoms with E-state index >= 15 is 0 Å². The molecule has 3 aromatic rings. The first-order chi connectivity index (χ1) is 9.34. The van der Waals surface area contributed by atoms with Crippen molar-refractivity contribution in [3.05, 3.63) is 54.8 Å². The highest BCUT2D eigenvalue weighted by Crippen LogP contribution is 2.38. The van der Waals surface area contributed by atoms with Gasteiger partial charge in [0.15, 0.2) is 5.75 Å². The van der Waals surface area contributed by atoms with Crippen molar-refractivity contribution in [1.82, 2.24) is 0 Å². The van der Waals surface area contributed by atoms with Crippen LogP contribution in [0.5, 0.6) is 17.4 Å². The average molecular weight is 252 g/mol. The van der Waals surface area contributed by atoms with Gasteiger partial charge in [0.05, 0.1) is 0 Å². The maximum Gasteiger partial charge on any atom is 0.411 e. The van der Waals surface area contributed by atoms with E-state index in [1.165, 1.54) is 6.26 Å². The number of aromatic nitrogens is 1. The molecular formula is C15H10NO3+. The molecular weight excluding hydrogens is 242 g/mol. The highest BCUT2D eigenvalue weighted by molar-refractivity contribution is 5.64. The minimum atomic E-state index is 0.0442. The second-order valence-corrected chi connectivity index (χ2v) is 4.30. The van der Waals surface area contributed by atoms with Gasteiger partial charge in [0, 0.05) is 6.07 Å². The molecule has 0 saturated heterocycles. The summed E-state index contributed by atoms with van der Waals surface area (Å²) in [5, 5.41) is 10.0. The van der Waals surface area contributed by atoms with Gasteiger partial charge in [-0.25, -0.2) is 0 Å². The van der Waals surface area contributed by atoms with Crippen molar-refractivity contribution in [1.29, 1.82) is 0 Å². The van der Waals surface area contributed by atoms with Crippen molar-refractivity contribution in [3.63, 3.8) is 0 Å². The van der Waals surface area contributed by atoms with E-state index in [1.54, 1.807) is 4.57 Å². The molecule has 4 heteroatoms. The van der Waals surface area contributed by atoms with Crippen LogP contribution in [0.3, 0.4) is 0 Å². The Labute approximate surface area is 109 Å². The van der Waals surface area contributed by atoms with Crippen LogP contribution in [-0.4, -0.2) is 5.11 Å². The highest BCUT2D eigenvalue weighted by atomic mass is 16.5. The Bertz CT molecular complexity index is 777. The first-order valence-electron chi connectivity index (χ1n) is 5.94. The summed E-state index contributed by atoms with van der Waals surface area (Å²) in [6.07, 6.45) is 1.33. The summed E-state index contributed by atoms with van der Waals surface area (Å²) in [7, 11) is 0. The third kappa shape index (κ3) is 1.37. The molecule has 4 rings (SSSR count). The number of oxazole rings is 1. The molecule has 2 heterocycles. The second-order valence-electron chi connectivity index (χ2n) is 4.30. The summed E-state index contributed by atoms with van der Waals surface area (Å²) in [5.41, 5.74) is 1.55. The molecule has 0 unspecified atom stereocenters. The van der Waals surface area contributed by atoms with E-state index in [0.29, 0.717) is 17.4 Å². The quantitative estimate of drug-likeness (QED) is 0.489. The summed E-state index contributed by atoms with van der Waals surface area (Å²) < 4.78 is 13.0. The van der Waals surface area contributed by atoms with Crippen LogP contribution >= 0.6 is 0 Å². The van der Waals surface area contributed by atoms with E-state index in [2.05, 4.69) is 0 Å². The molecule has 0 radical (unpaired) electrons. The van der Waals surface area contributed by atoms with Gasteiger partial charge in [-0.3, -0.25) is 0 Å². The number of nitrogens with zero attached hydrogens (tertiary/aromatic N) is 1. The van der Waals surface area contributed by atoms with Gasteiger partial charge in [0.2, 0.25) is 6.26 Å². The van der Waals surface area contributed by atoms with Gasteiger partial charge >= 0.3 is 11.8 Å². The monoisotopic (exact) mass is 252 g/mol. The zero-order chi connectivity index (χ0) is 12.8. The van der Waals surface area contributed by atoms with Gasteiger partial charge in [0.25, 0.3) is 5.69 Å². The largest absolute Gasteiger partial charge is 0.457 e. The minimum Gasteiger partial charge on any atom is -0.457 e. The summed E-state index contributed by atoms with van der Waals surface area (Å²) in [6.45, 7) is 0. The van der Waals surface area contributed by atoms with Crippen LogP contribution < -0.4 is 9.30 Å². The van der Waals surface area contributed by atoms with Gasteiger partial charge in [-0.05, 0) is 18.2 Å². The summed E-state index contributed by atoms with van der Waals surface area (Å²) in [4.78, 5) is 0. The molecule has 2 aromatic carbocycles. The van der Waals surface area contributed by atoms with Crippen molar-refractivity contribution in [3.8, 4) is 34.5 Å². The molecule has 0 spiro atoms. The molecule has 92 valence electrons. The van der Waals surface area contributed by atoms with Crippen LogP contribution in [0.15, 0.2) is 59.2 Å². The molecule has 19 heavy (non-hydrogen) atoms. The van der Waals surface area contributed by atoms with E-state index < -0.39 is 0 Å². The van der Waals surface area contributed by atoms with Crippen LogP contribution in [0.25, 0.3) is 17.1 Å². The van der Waals surface area contributed by atoms with E-state index in [4.69, 9.17) is 9.15 Å². The van der Waals surface area contributed by atoms with Crippen LogP contribution in [-0.2, 0) is 0 Å².